The van der Waals surface area contributed by atoms with Gasteiger partial charge in [0.25, 0.3) is 5.56 Å². The molecule has 7 nitrogen and oxygen atoms in total. The molecule has 3 rings (SSSR count). The summed E-state index contributed by atoms with van der Waals surface area (Å²) in [5, 5.41) is 9.13. The lowest BCUT2D eigenvalue weighted by atomic mass is 10.2. The highest BCUT2D eigenvalue weighted by molar-refractivity contribution is 6.32. The van der Waals surface area contributed by atoms with E-state index in [2.05, 4.69) is 15.0 Å². The molecule has 1 aliphatic rings. The average Bonchev–Trinajstić information content (AvgIpc) is 2.58. The summed E-state index contributed by atoms with van der Waals surface area (Å²) in [4.78, 5) is 25.2. The molecule has 0 saturated carbocycles. The molecule has 0 spiro atoms. The fourth-order valence-corrected chi connectivity index (χ4v) is 2.74. The predicted molar refractivity (Wildman–Crippen MR) is 86.8 cm³/mol. The molecule has 1 fully saturated rings. The Morgan fingerprint density at radius 1 is 1.43 bits per heavy atom. The fraction of sp³-hybridized carbons (Fsp3) is 0.400. The first-order valence-corrected chi connectivity index (χ1v) is 7.74. The number of pyridine rings is 1. The number of aliphatic hydroxyl groups excluding tert-OH is 1. The van der Waals surface area contributed by atoms with Crippen LogP contribution in [0.3, 0.4) is 0 Å². The van der Waals surface area contributed by atoms with Crippen molar-refractivity contribution in [3.8, 4) is 11.4 Å². The van der Waals surface area contributed by atoms with Crippen LogP contribution in [0.1, 0.15) is 6.42 Å². The highest BCUT2D eigenvalue weighted by Gasteiger charge is 2.24. The van der Waals surface area contributed by atoms with Crippen molar-refractivity contribution < 1.29 is 9.84 Å². The van der Waals surface area contributed by atoms with Gasteiger partial charge in [-0.1, -0.05) is 11.6 Å². The van der Waals surface area contributed by atoms with E-state index in [-0.39, 0.29) is 23.3 Å². The summed E-state index contributed by atoms with van der Waals surface area (Å²) in [7, 11) is 0. The second-order valence-corrected chi connectivity index (χ2v) is 5.62. The highest BCUT2D eigenvalue weighted by atomic mass is 35.5. The lowest BCUT2D eigenvalue weighted by Crippen LogP contribution is -2.44. The van der Waals surface area contributed by atoms with E-state index in [4.69, 9.17) is 21.4 Å². The Balaban J connectivity index is 1.95. The van der Waals surface area contributed by atoms with E-state index in [1.54, 1.807) is 24.5 Å². The summed E-state index contributed by atoms with van der Waals surface area (Å²) in [6.45, 7) is 1.68. The van der Waals surface area contributed by atoms with Crippen molar-refractivity contribution in [2.24, 2.45) is 0 Å². The van der Waals surface area contributed by atoms with Crippen LogP contribution in [-0.4, -0.2) is 52.5 Å². The molecular formula is C15H17ClN4O3. The van der Waals surface area contributed by atoms with Crippen LogP contribution in [0.15, 0.2) is 29.3 Å². The van der Waals surface area contributed by atoms with Crippen LogP contribution in [0.2, 0.25) is 5.02 Å². The molecule has 0 aliphatic carbocycles. The average molecular weight is 337 g/mol. The molecule has 8 heteroatoms. The number of nitrogens with zero attached hydrogens (tertiary/aromatic N) is 3. The Labute approximate surface area is 137 Å². The first-order chi connectivity index (χ1) is 11.2. The number of aliphatic hydroxyl groups is 1. The molecule has 0 aromatic carbocycles. The molecule has 122 valence electrons. The number of H-pyrrole nitrogens is 1. The van der Waals surface area contributed by atoms with Crippen LogP contribution < -0.4 is 10.5 Å². The van der Waals surface area contributed by atoms with Gasteiger partial charge in [0.05, 0.1) is 12.7 Å². The van der Waals surface area contributed by atoms with E-state index >= 15 is 0 Å². The Morgan fingerprint density at radius 2 is 2.22 bits per heavy atom. The number of aromatic nitrogens is 3. The smallest absolute Gasteiger partial charge is 0.272 e. The zero-order valence-corrected chi connectivity index (χ0v) is 13.2. The third-order valence-corrected chi connectivity index (χ3v) is 4.03. The molecule has 0 bridgehead atoms. The lowest BCUT2D eigenvalue weighted by Gasteiger charge is -2.33. The van der Waals surface area contributed by atoms with E-state index in [0.29, 0.717) is 37.8 Å². The van der Waals surface area contributed by atoms with Gasteiger partial charge in [-0.2, -0.15) is 0 Å². The molecule has 2 N–H and O–H groups in total. The van der Waals surface area contributed by atoms with Crippen molar-refractivity contribution in [2.45, 2.75) is 12.5 Å². The molecule has 1 saturated heterocycles. The third kappa shape index (κ3) is 3.52. The van der Waals surface area contributed by atoms with E-state index in [1.807, 2.05) is 4.90 Å². The normalized spacial score (nSPS) is 18.2. The van der Waals surface area contributed by atoms with Crippen LogP contribution in [0, 0.1) is 0 Å². The Bertz CT molecular complexity index is 720. The van der Waals surface area contributed by atoms with Crippen LogP contribution in [-0.2, 0) is 4.74 Å². The van der Waals surface area contributed by atoms with Gasteiger partial charge in [0, 0.05) is 37.7 Å². The SMILES string of the molecule is O=c1[nH]c(-c2ccncc2)nc(N2CCOC(CCO)C2)c1Cl. The molecule has 3 heterocycles. The Kier molecular flexibility index (Phi) is 4.90. The number of rotatable bonds is 4. The minimum Gasteiger partial charge on any atom is -0.396 e. The van der Waals surface area contributed by atoms with Gasteiger partial charge in [-0.25, -0.2) is 4.98 Å². The second-order valence-electron chi connectivity index (χ2n) is 5.24. The molecule has 2 aromatic rings. The van der Waals surface area contributed by atoms with Crippen molar-refractivity contribution in [3.05, 3.63) is 39.9 Å². The minimum absolute atomic E-state index is 0.0529. The van der Waals surface area contributed by atoms with E-state index in [1.165, 1.54) is 0 Å². The van der Waals surface area contributed by atoms with E-state index in [0.717, 1.165) is 5.56 Å². The largest absolute Gasteiger partial charge is 0.396 e. The third-order valence-electron chi connectivity index (χ3n) is 3.69. The summed E-state index contributed by atoms with van der Waals surface area (Å²) < 4.78 is 5.59. The quantitative estimate of drug-likeness (QED) is 0.868. The maximum absolute atomic E-state index is 12.1. The zero-order valence-electron chi connectivity index (χ0n) is 12.4. The van der Waals surface area contributed by atoms with Crippen molar-refractivity contribution in [1.29, 1.82) is 0 Å². The Hall–Kier alpha value is -1.96. The monoisotopic (exact) mass is 336 g/mol. The van der Waals surface area contributed by atoms with Gasteiger partial charge in [-0.15, -0.1) is 0 Å². The minimum atomic E-state index is -0.381. The van der Waals surface area contributed by atoms with Gasteiger partial charge >= 0.3 is 0 Å². The lowest BCUT2D eigenvalue weighted by molar-refractivity contribution is 0.0244. The molecule has 23 heavy (non-hydrogen) atoms. The zero-order chi connectivity index (χ0) is 16.2. The highest BCUT2D eigenvalue weighted by Crippen LogP contribution is 2.25. The van der Waals surface area contributed by atoms with Crippen molar-refractivity contribution >= 4 is 17.4 Å². The van der Waals surface area contributed by atoms with Crippen LogP contribution in [0.25, 0.3) is 11.4 Å². The van der Waals surface area contributed by atoms with Gasteiger partial charge in [0.15, 0.2) is 5.82 Å². The molecule has 1 aliphatic heterocycles. The number of morpholine rings is 1. The summed E-state index contributed by atoms with van der Waals surface area (Å²) in [5.74, 6) is 0.885. The number of halogens is 1. The number of hydrogen-bond acceptors (Lipinski definition) is 6. The predicted octanol–water partition coefficient (Wildman–Crippen LogP) is 1.07. The molecule has 2 aromatic heterocycles. The summed E-state index contributed by atoms with van der Waals surface area (Å²) >= 11 is 6.16. The van der Waals surface area contributed by atoms with Crippen molar-refractivity contribution in [1.82, 2.24) is 15.0 Å². The molecule has 0 radical (unpaired) electrons. The first-order valence-electron chi connectivity index (χ1n) is 7.36. The van der Waals surface area contributed by atoms with Gasteiger partial charge in [-0.05, 0) is 18.6 Å². The van der Waals surface area contributed by atoms with Crippen molar-refractivity contribution in [2.75, 3.05) is 31.2 Å². The summed E-state index contributed by atoms with van der Waals surface area (Å²) in [5.41, 5.74) is 0.379. The molecule has 0 amide bonds. The van der Waals surface area contributed by atoms with Crippen molar-refractivity contribution in [3.63, 3.8) is 0 Å². The summed E-state index contributed by atoms with van der Waals surface area (Å²) in [6, 6.07) is 3.54. The number of aromatic amines is 1. The van der Waals surface area contributed by atoms with E-state index in [9.17, 15) is 4.79 Å². The topological polar surface area (TPSA) is 91.3 Å². The molecule has 1 atom stereocenters. The van der Waals surface area contributed by atoms with Gasteiger partial charge in [-0.3, -0.25) is 9.78 Å². The second kappa shape index (κ2) is 7.08. The van der Waals surface area contributed by atoms with Gasteiger partial charge in [0.1, 0.15) is 10.8 Å². The van der Waals surface area contributed by atoms with E-state index < -0.39 is 0 Å². The van der Waals surface area contributed by atoms with Crippen LogP contribution in [0.4, 0.5) is 5.82 Å². The standard InChI is InChI=1S/C15H17ClN4O3/c16-12-14(20-6-8-23-11(9-20)3-7-21)18-13(19-15(12)22)10-1-4-17-5-2-10/h1-2,4-5,11,21H,3,6-9H2,(H,18,19,22). The summed E-state index contributed by atoms with van der Waals surface area (Å²) in [6.07, 6.45) is 3.70. The number of anilines is 1. The van der Waals surface area contributed by atoms with Crippen LogP contribution >= 0.6 is 11.6 Å². The fourth-order valence-electron chi connectivity index (χ4n) is 2.53. The number of hydrogen-bond donors (Lipinski definition) is 2. The van der Waals surface area contributed by atoms with Gasteiger partial charge in [0.2, 0.25) is 0 Å². The Morgan fingerprint density at radius 3 is 2.96 bits per heavy atom. The van der Waals surface area contributed by atoms with Crippen LogP contribution in [0.5, 0.6) is 0 Å². The maximum Gasteiger partial charge on any atom is 0.272 e. The molecule has 1 unspecified atom stereocenters. The van der Waals surface area contributed by atoms with Gasteiger partial charge < -0.3 is 19.7 Å². The number of ether oxygens (including phenoxy) is 1. The number of nitrogens with one attached hydrogen (secondary N) is 1. The first kappa shape index (κ1) is 15.9. The maximum atomic E-state index is 12.1. The molecular weight excluding hydrogens is 320 g/mol.